The number of guanidine groups is 1. The number of aromatic nitrogens is 2. The van der Waals surface area contributed by atoms with E-state index in [2.05, 4.69) is 58.9 Å². The summed E-state index contributed by atoms with van der Waals surface area (Å²) in [6, 6.07) is 0.468. The fraction of sp³-hybridized carbons (Fsp3) is 0.647. The molecule has 0 bridgehead atoms. The summed E-state index contributed by atoms with van der Waals surface area (Å²) in [5.74, 6) is 1.71. The number of aliphatic imine (C=N–C) groups is 1. The Morgan fingerprint density at radius 2 is 2.36 bits per heavy atom. The number of imidazole rings is 1. The van der Waals surface area contributed by atoms with Crippen LogP contribution in [0.4, 0.5) is 0 Å². The summed E-state index contributed by atoms with van der Waals surface area (Å²) in [6.45, 7) is 10.3. The van der Waals surface area contributed by atoms with E-state index in [1.165, 1.54) is 6.42 Å². The minimum absolute atomic E-state index is 0.468. The van der Waals surface area contributed by atoms with E-state index < -0.39 is 0 Å². The molecule has 2 rings (SSSR count). The van der Waals surface area contributed by atoms with Crippen LogP contribution in [0.25, 0.3) is 0 Å². The van der Waals surface area contributed by atoms with Gasteiger partial charge in [0.1, 0.15) is 0 Å². The predicted octanol–water partition coefficient (Wildman–Crippen LogP) is 2.70. The first-order valence-electron chi connectivity index (χ1n) is 8.38. The number of piperidine rings is 1. The topological polar surface area (TPSA) is 45.5 Å². The van der Waals surface area contributed by atoms with Gasteiger partial charge in [-0.2, -0.15) is 0 Å². The zero-order valence-electron chi connectivity index (χ0n) is 14.1. The molecule has 0 spiro atoms. The minimum Gasteiger partial charge on any atom is -0.357 e. The first-order chi connectivity index (χ1) is 10.8. The Labute approximate surface area is 134 Å². The van der Waals surface area contributed by atoms with Gasteiger partial charge < -0.3 is 14.8 Å². The third-order valence-corrected chi connectivity index (χ3v) is 4.25. The van der Waals surface area contributed by atoms with E-state index in [1.54, 1.807) is 0 Å². The maximum atomic E-state index is 4.77. The number of likely N-dealkylation sites (tertiary alicyclic amines) is 1. The van der Waals surface area contributed by atoms with E-state index in [-0.39, 0.29) is 0 Å². The molecule has 1 aromatic heterocycles. The van der Waals surface area contributed by atoms with Crippen molar-refractivity contribution in [1.29, 1.82) is 0 Å². The molecule has 122 valence electrons. The molecule has 0 aromatic carbocycles. The van der Waals surface area contributed by atoms with E-state index in [9.17, 15) is 0 Å². The normalized spacial score (nSPS) is 23.2. The molecule has 2 heterocycles. The van der Waals surface area contributed by atoms with Gasteiger partial charge in [-0.15, -0.1) is 0 Å². The molecule has 0 saturated carbocycles. The van der Waals surface area contributed by atoms with Gasteiger partial charge >= 0.3 is 0 Å². The largest absolute Gasteiger partial charge is 0.357 e. The van der Waals surface area contributed by atoms with Crippen LogP contribution in [0.3, 0.4) is 0 Å². The van der Waals surface area contributed by atoms with Gasteiger partial charge in [0.05, 0.1) is 12.4 Å². The Morgan fingerprint density at radius 3 is 3.05 bits per heavy atom. The number of allylic oxidation sites excluding steroid dienone is 1. The van der Waals surface area contributed by atoms with Crippen LogP contribution in [0.2, 0.25) is 0 Å². The van der Waals surface area contributed by atoms with Gasteiger partial charge in [0.15, 0.2) is 5.96 Å². The van der Waals surface area contributed by atoms with Crippen LogP contribution in [0.15, 0.2) is 35.9 Å². The second-order valence-corrected chi connectivity index (χ2v) is 5.88. The van der Waals surface area contributed by atoms with E-state index in [1.807, 2.05) is 12.5 Å². The van der Waals surface area contributed by atoms with Gasteiger partial charge in [-0.05, 0) is 32.6 Å². The number of nitrogens with zero attached hydrogens (tertiary/aromatic N) is 4. The number of hydrogen-bond acceptors (Lipinski definition) is 2. The summed E-state index contributed by atoms with van der Waals surface area (Å²) in [5, 5.41) is 3.44. The zero-order chi connectivity index (χ0) is 15.8. The van der Waals surface area contributed by atoms with Gasteiger partial charge in [-0.25, -0.2) is 4.98 Å². The molecule has 1 N–H and O–H groups in total. The molecule has 1 aromatic rings. The van der Waals surface area contributed by atoms with Crippen LogP contribution in [-0.2, 0) is 0 Å². The average Bonchev–Trinajstić information content (AvgIpc) is 3.05. The van der Waals surface area contributed by atoms with E-state index in [4.69, 9.17) is 4.99 Å². The lowest BCUT2D eigenvalue weighted by Crippen LogP contribution is -2.49. The molecule has 22 heavy (non-hydrogen) atoms. The highest BCUT2D eigenvalue weighted by molar-refractivity contribution is 5.80. The number of hydrogen-bond donors (Lipinski definition) is 1. The van der Waals surface area contributed by atoms with Crippen LogP contribution in [0.1, 0.15) is 39.7 Å². The van der Waals surface area contributed by atoms with Crippen LogP contribution < -0.4 is 5.32 Å². The molecule has 5 heteroatoms. The van der Waals surface area contributed by atoms with Crippen LogP contribution in [0, 0.1) is 5.92 Å². The molecule has 1 aliphatic heterocycles. The summed E-state index contributed by atoms with van der Waals surface area (Å²) in [7, 11) is 0. The van der Waals surface area contributed by atoms with Gasteiger partial charge in [0.25, 0.3) is 0 Å². The Balaban J connectivity index is 2.04. The standard InChI is InChI=1S/C17H29N5/c1-4-6-7-9-20-17(19-5-2)21-11-8-15(3)16(13-21)22-12-10-18-14-22/h4,6,10,12,14-16H,5,7-9,11,13H2,1-3H3,(H,19,20)/b6-4+. The lowest BCUT2D eigenvalue weighted by atomic mass is 9.93. The third-order valence-electron chi connectivity index (χ3n) is 4.25. The molecule has 0 amide bonds. The molecule has 1 fully saturated rings. The van der Waals surface area contributed by atoms with Crippen molar-refractivity contribution in [3.63, 3.8) is 0 Å². The first-order valence-corrected chi connectivity index (χ1v) is 8.38. The summed E-state index contributed by atoms with van der Waals surface area (Å²) < 4.78 is 2.24. The maximum absolute atomic E-state index is 4.77. The molecule has 1 saturated heterocycles. The van der Waals surface area contributed by atoms with E-state index >= 15 is 0 Å². The molecule has 0 aliphatic carbocycles. The van der Waals surface area contributed by atoms with Crippen LogP contribution in [0.5, 0.6) is 0 Å². The smallest absolute Gasteiger partial charge is 0.193 e. The lowest BCUT2D eigenvalue weighted by molar-refractivity contribution is 0.189. The summed E-state index contributed by atoms with van der Waals surface area (Å²) in [4.78, 5) is 11.4. The van der Waals surface area contributed by atoms with Crippen LogP contribution in [-0.4, -0.2) is 46.6 Å². The van der Waals surface area contributed by atoms with Crippen molar-refractivity contribution in [2.75, 3.05) is 26.2 Å². The van der Waals surface area contributed by atoms with Crippen LogP contribution >= 0.6 is 0 Å². The van der Waals surface area contributed by atoms with Crippen molar-refractivity contribution in [2.45, 2.75) is 39.7 Å². The van der Waals surface area contributed by atoms with Crippen molar-refractivity contribution in [3.05, 3.63) is 30.9 Å². The number of nitrogens with one attached hydrogen (secondary N) is 1. The molecular formula is C17H29N5. The van der Waals surface area contributed by atoms with Crippen molar-refractivity contribution < 1.29 is 0 Å². The molecule has 2 atom stereocenters. The Bertz CT molecular complexity index is 477. The van der Waals surface area contributed by atoms with Gasteiger partial charge in [-0.1, -0.05) is 19.1 Å². The molecule has 0 radical (unpaired) electrons. The third kappa shape index (κ3) is 4.36. The van der Waals surface area contributed by atoms with E-state index in [0.29, 0.717) is 12.0 Å². The Hall–Kier alpha value is -1.78. The maximum Gasteiger partial charge on any atom is 0.193 e. The van der Waals surface area contributed by atoms with Gasteiger partial charge in [0, 0.05) is 38.6 Å². The zero-order valence-corrected chi connectivity index (χ0v) is 14.1. The highest BCUT2D eigenvalue weighted by Crippen LogP contribution is 2.27. The molecule has 5 nitrogen and oxygen atoms in total. The second kappa shape index (κ2) is 8.61. The second-order valence-electron chi connectivity index (χ2n) is 5.88. The fourth-order valence-corrected chi connectivity index (χ4v) is 2.93. The first kappa shape index (κ1) is 16.6. The summed E-state index contributed by atoms with van der Waals surface area (Å²) in [5.41, 5.74) is 0. The van der Waals surface area contributed by atoms with Crippen molar-refractivity contribution >= 4 is 5.96 Å². The Kier molecular flexibility index (Phi) is 6.49. The quantitative estimate of drug-likeness (QED) is 0.394. The number of rotatable bonds is 5. The van der Waals surface area contributed by atoms with Gasteiger partial charge in [0.2, 0.25) is 0 Å². The van der Waals surface area contributed by atoms with Crippen molar-refractivity contribution in [2.24, 2.45) is 10.9 Å². The average molecular weight is 303 g/mol. The highest BCUT2D eigenvalue weighted by atomic mass is 15.3. The Morgan fingerprint density at radius 1 is 1.50 bits per heavy atom. The fourth-order valence-electron chi connectivity index (χ4n) is 2.93. The predicted molar refractivity (Wildman–Crippen MR) is 92.0 cm³/mol. The highest BCUT2D eigenvalue weighted by Gasteiger charge is 2.28. The molecule has 1 aliphatic rings. The summed E-state index contributed by atoms with van der Waals surface area (Å²) in [6.07, 6.45) is 12.3. The monoisotopic (exact) mass is 303 g/mol. The van der Waals surface area contributed by atoms with Crippen molar-refractivity contribution in [1.82, 2.24) is 19.8 Å². The molecule has 2 unspecified atom stereocenters. The SMILES string of the molecule is C/C=C/CCN=C(NCC)N1CCC(C)C(n2ccnc2)C1. The lowest BCUT2D eigenvalue weighted by Gasteiger charge is -2.39. The summed E-state index contributed by atoms with van der Waals surface area (Å²) >= 11 is 0. The van der Waals surface area contributed by atoms with Gasteiger partial charge in [-0.3, -0.25) is 4.99 Å². The minimum atomic E-state index is 0.468. The van der Waals surface area contributed by atoms with Crippen molar-refractivity contribution in [3.8, 4) is 0 Å². The molecular weight excluding hydrogens is 274 g/mol. The van der Waals surface area contributed by atoms with E-state index in [0.717, 1.165) is 38.6 Å².